The summed E-state index contributed by atoms with van der Waals surface area (Å²) in [5.41, 5.74) is 4.99. The van der Waals surface area contributed by atoms with E-state index in [2.05, 4.69) is 52.0 Å². The number of aromatic nitrogens is 2. The van der Waals surface area contributed by atoms with Crippen molar-refractivity contribution in [1.29, 1.82) is 5.26 Å². The van der Waals surface area contributed by atoms with Gasteiger partial charge in [0.25, 0.3) is 5.91 Å². The summed E-state index contributed by atoms with van der Waals surface area (Å²) >= 11 is 0. The number of amides is 1. The maximum absolute atomic E-state index is 12.8. The monoisotopic (exact) mass is 427 g/mol. The molecular weight excluding hydrogens is 402 g/mol. The van der Waals surface area contributed by atoms with Gasteiger partial charge >= 0.3 is 0 Å². The van der Waals surface area contributed by atoms with Crippen LogP contribution in [0.25, 0.3) is 10.9 Å². The van der Waals surface area contributed by atoms with Crippen LogP contribution in [0.5, 0.6) is 0 Å². The predicted molar refractivity (Wildman–Crippen MR) is 122 cm³/mol. The minimum Gasteiger partial charge on any atom is -0.438 e. The highest BCUT2D eigenvalue weighted by molar-refractivity contribution is 5.92. The molecule has 162 valence electrons. The van der Waals surface area contributed by atoms with E-state index in [9.17, 15) is 4.79 Å². The number of oxazole rings is 1. The van der Waals surface area contributed by atoms with Gasteiger partial charge in [-0.2, -0.15) is 5.26 Å². The van der Waals surface area contributed by atoms with Gasteiger partial charge in [0.2, 0.25) is 5.76 Å². The van der Waals surface area contributed by atoms with E-state index < -0.39 is 0 Å². The highest BCUT2D eigenvalue weighted by Gasteiger charge is 2.29. The molecule has 3 aromatic rings. The summed E-state index contributed by atoms with van der Waals surface area (Å²) in [6.45, 7) is 3.90. The number of carbonyl (C=O) groups is 1. The molecule has 7 nitrogen and oxygen atoms in total. The van der Waals surface area contributed by atoms with E-state index in [4.69, 9.17) is 9.68 Å². The van der Waals surface area contributed by atoms with Crippen LogP contribution in [0.3, 0.4) is 0 Å². The lowest BCUT2D eigenvalue weighted by atomic mass is 9.89. The fourth-order valence-electron chi connectivity index (χ4n) is 4.73. The molecule has 0 saturated carbocycles. The first-order valence-electron chi connectivity index (χ1n) is 10.9. The Hall–Kier alpha value is -3.79. The van der Waals surface area contributed by atoms with Crippen LogP contribution in [0.2, 0.25) is 0 Å². The molecule has 0 spiro atoms. The van der Waals surface area contributed by atoms with E-state index in [1.54, 1.807) is 6.92 Å². The number of piperidine rings is 1. The van der Waals surface area contributed by atoms with E-state index >= 15 is 0 Å². The van der Waals surface area contributed by atoms with Crippen LogP contribution in [0.4, 0.5) is 5.69 Å². The summed E-state index contributed by atoms with van der Waals surface area (Å²) in [6.07, 6.45) is 11.2. The van der Waals surface area contributed by atoms with Crippen molar-refractivity contribution in [3.05, 3.63) is 71.7 Å². The molecule has 1 fully saturated rings. The van der Waals surface area contributed by atoms with Crippen molar-refractivity contribution in [1.82, 2.24) is 14.5 Å². The van der Waals surface area contributed by atoms with Crippen molar-refractivity contribution in [2.24, 2.45) is 7.05 Å². The van der Waals surface area contributed by atoms with Gasteiger partial charge in [0.05, 0.1) is 17.3 Å². The number of likely N-dealkylation sites (tertiary alicyclic amines) is 1. The fraction of sp³-hybridized carbons (Fsp3) is 0.320. The summed E-state index contributed by atoms with van der Waals surface area (Å²) in [5, 5.41) is 10.3. The third-order valence-electron chi connectivity index (χ3n) is 6.57. The normalized spacial score (nSPS) is 17.0. The molecule has 0 unspecified atom stereocenters. The summed E-state index contributed by atoms with van der Waals surface area (Å²) < 4.78 is 7.48. The molecule has 4 heterocycles. The molecule has 0 radical (unpaired) electrons. The molecule has 0 aliphatic carbocycles. The highest BCUT2D eigenvalue weighted by Crippen LogP contribution is 2.36. The molecule has 1 amide bonds. The van der Waals surface area contributed by atoms with E-state index in [0.717, 1.165) is 18.5 Å². The summed E-state index contributed by atoms with van der Waals surface area (Å²) in [7, 11) is 2.08. The summed E-state index contributed by atoms with van der Waals surface area (Å²) in [6, 6.07) is 8.73. The van der Waals surface area contributed by atoms with E-state index in [1.807, 2.05) is 23.3 Å². The van der Waals surface area contributed by atoms with Crippen molar-refractivity contribution >= 4 is 22.5 Å². The number of nitriles is 1. The topological polar surface area (TPSA) is 78.3 Å². The van der Waals surface area contributed by atoms with Crippen LogP contribution in [-0.4, -0.2) is 40.0 Å². The quantitative estimate of drug-likeness (QED) is 0.623. The number of aryl methyl sites for hydroxylation is 2. The van der Waals surface area contributed by atoms with Crippen LogP contribution in [-0.2, 0) is 7.05 Å². The number of rotatable bonds is 3. The zero-order valence-corrected chi connectivity index (χ0v) is 18.3. The maximum Gasteiger partial charge on any atom is 0.291 e. The maximum atomic E-state index is 12.8. The van der Waals surface area contributed by atoms with Gasteiger partial charge in [-0.1, -0.05) is 0 Å². The minimum absolute atomic E-state index is 0.0691. The van der Waals surface area contributed by atoms with Crippen LogP contribution < -0.4 is 4.90 Å². The van der Waals surface area contributed by atoms with Gasteiger partial charge in [0.15, 0.2) is 6.39 Å². The Morgan fingerprint density at radius 2 is 2.09 bits per heavy atom. The van der Waals surface area contributed by atoms with E-state index in [0.29, 0.717) is 42.6 Å². The van der Waals surface area contributed by atoms with E-state index in [1.165, 1.54) is 22.9 Å². The Labute approximate surface area is 186 Å². The Kier molecular flexibility index (Phi) is 5.06. The first kappa shape index (κ1) is 20.1. The van der Waals surface area contributed by atoms with Gasteiger partial charge in [-0.3, -0.25) is 4.79 Å². The third kappa shape index (κ3) is 3.48. The van der Waals surface area contributed by atoms with Gasteiger partial charge in [-0.25, -0.2) is 4.98 Å². The Morgan fingerprint density at radius 3 is 2.75 bits per heavy atom. The van der Waals surface area contributed by atoms with Crippen molar-refractivity contribution in [3.8, 4) is 6.07 Å². The first-order valence-corrected chi connectivity index (χ1v) is 10.9. The lowest BCUT2D eigenvalue weighted by Gasteiger charge is -2.31. The van der Waals surface area contributed by atoms with Crippen molar-refractivity contribution < 1.29 is 9.21 Å². The summed E-state index contributed by atoms with van der Waals surface area (Å²) in [5.74, 6) is 0.678. The zero-order chi connectivity index (χ0) is 22.2. The lowest BCUT2D eigenvalue weighted by molar-refractivity contribution is 0.0680. The average molecular weight is 428 g/mol. The van der Waals surface area contributed by atoms with Gasteiger partial charge in [0.1, 0.15) is 0 Å². The second-order valence-corrected chi connectivity index (χ2v) is 8.47. The predicted octanol–water partition coefficient (Wildman–Crippen LogP) is 4.28. The van der Waals surface area contributed by atoms with Crippen molar-refractivity contribution in [3.63, 3.8) is 0 Å². The zero-order valence-electron chi connectivity index (χ0n) is 18.3. The van der Waals surface area contributed by atoms with Gasteiger partial charge in [-0.05, 0) is 61.6 Å². The standard InChI is InChI=1S/C25H25N5O2/c1-17-24(32-16-27-17)25(31)30-11-7-19(8-12-30)22-15-28(2)23-4-3-20(13-21(22)23)29-9-5-18(14-26)6-10-29/h3-6,9,13,15-16,19H,7-8,10-12H2,1-2H3. The molecule has 2 aliphatic rings. The number of hydrogen-bond acceptors (Lipinski definition) is 5. The second-order valence-electron chi connectivity index (χ2n) is 8.47. The number of fused-ring (bicyclic) bond motifs is 1. The molecule has 0 bridgehead atoms. The molecule has 0 atom stereocenters. The summed E-state index contributed by atoms with van der Waals surface area (Å²) in [4.78, 5) is 20.8. The number of carbonyl (C=O) groups excluding carboxylic acids is 1. The highest BCUT2D eigenvalue weighted by atomic mass is 16.3. The van der Waals surface area contributed by atoms with Gasteiger partial charge in [-0.15, -0.1) is 0 Å². The van der Waals surface area contributed by atoms with Crippen LogP contribution in [0.15, 0.2) is 59.1 Å². The first-order chi connectivity index (χ1) is 15.5. The van der Waals surface area contributed by atoms with Crippen LogP contribution >= 0.6 is 0 Å². The second kappa shape index (κ2) is 8.04. The Bertz CT molecular complexity index is 1280. The number of hydrogen-bond donors (Lipinski definition) is 0. The molecule has 1 aromatic carbocycles. The van der Waals surface area contributed by atoms with Gasteiger partial charge in [0, 0.05) is 55.7 Å². The SMILES string of the molecule is Cc1ncoc1C(=O)N1CCC(c2cn(C)c3ccc(N4C=CC(C#N)=CC4)cc23)CC1. The molecular formula is C25H25N5O2. The molecule has 1 saturated heterocycles. The average Bonchev–Trinajstić information content (AvgIpc) is 3.41. The molecule has 32 heavy (non-hydrogen) atoms. The molecule has 2 aromatic heterocycles. The molecule has 7 heteroatoms. The number of benzene rings is 1. The van der Waals surface area contributed by atoms with Gasteiger partial charge < -0.3 is 18.8 Å². The van der Waals surface area contributed by atoms with Crippen LogP contribution in [0, 0.1) is 18.3 Å². The smallest absolute Gasteiger partial charge is 0.291 e. The van der Waals surface area contributed by atoms with Crippen molar-refractivity contribution in [2.75, 3.05) is 24.5 Å². The third-order valence-corrected chi connectivity index (χ3v) is 6.57. The number of anilines is 1. The largest absolute Gasteiger partial charge is 0.438 e. The number of allylic oxidation sites excluding steroid dienone is 2. The molecule has 0 N–H and O–H groups in total. The Morgan fingerprint density at radius 1 is 1.28 bits per heavy atom. The van der Waals surface area contributed by atoms with Crippen LogP contribution in [0.1, 0.15) is 40.6 Å². The minimum atomic E-state index is -0.0691. The lowest BCUT2D eigenvalue weighted by Crippen LogP contribution is -2.38. The fourth-order valence-corrected chi connectivity index (χ4v) is 4.73. The molecule has 5 rings (SSSR count). The Balaban J connectivity index is 1.36. The van der Waals surface area contributed by atoms with Crippen molar-refractivity contribution in [2.45, 2.75) is 25.7 Å². The number of nitrogens with zero attached hydrogens (tertiary/aromatic N) is 5. The molecule has 2 aliphatic heterocycles. The van der Waals surface area contributed by atoms with E-state index in [-0.39, 0.29) is 5.91 Å².